The number of carbonyl (C=O) groups excluding carboxylic acids is 1. The zero-order valence-electron chi connectivity index (χ0n) is 45.2. The molecule has 23 nitrogen and oxygen atoms in total. The first kappa shape index (κ1) is 59.8. The summed E-state index contributed by atoms with van der Waals surface area (Å²) in [7, 11) is -3.74. The van der Waals surface area contributed by atoms with E-state index in [1.165, 1.54) is 19.6 Å². The van der Waals surface area contributed by atoms with Crippen LogP contribution in [-0.4, -0.2) is 219 Å². The van der Waals surface area contributed by atoms with Crippen molar-refractivity contribution in [2.24, 2.45) is 39.4 Å². The third kappa shape index (κ3) is 10.0. The van der Waals surface area contributed by atoms with E-state index in [2.05, 4.69) is 40.3 Å². The molecule has 24 heteroatoms. The number of aliphatic hydroxyl groups is 9. The van der Waals surface area contributed by atoms with Gasteiger partial charge in [0, 0.05) is 18.4 Å². The van der Waals surface area contributed by atoms with Gasteiger partial charge >= 0.3 is 5.97 Å². The molecule has 1 spiro atoms. The molecule has 5 heterocycles. The van der Waals surface area contributed by atoms with E-state index in [-0.39, 0.29) is 29.1 Å². The number of fused-ring (bicyclic) bond motifs is 5. The highest BCUT2D eigenvalue weighted by Gasteiger charge is 2.79. The Hall–Kier alpha value is -1.86. The number of methoxy groups -OCH3 is 1. The van der Waals surface area contributed by atoms with Crippen molar-refractivity contribution in [2.45, 2.75) is 234 Å². The van der Waals surface area contributed by atoms with Crippen LogP contribution in [0.15, 0.2) is 23.8 Å². The van der Waals surface area contributed by atoms with E-state index in [0.29, 0.717) is 38.5 Å². The minimum atomic E-state index is -4.95. The fourth-order valence-electron chi connectivity index (χ4n) is 16.0. The zero-order chi connectivity index (χ0) is 56.3. The first-order valence-corrected chi connectivity index (χ1v) is 28.8. The van der Waals surface area contributed by atoms with Crippen molar-refractivity contribution >= 4 is 16.1 Å². The molecule has 440 valence electrons. The lowest BCUT2D eigenvalue weighted by Gasteiger charge is -2.64. The number of hydrogen-bond donors (Lipinski definition) is 10. The summed E-state index contributed by atoms with van der Waals surface area (Å²) in [6.07, 6.45) is -20.1. The highest BCUT2D eigenvalue weighted by Crippen LogP contribution is 2.76. The molecule has 0 radical (unpaired) electrons. The highest BCUT2D eigenvalue weighted by atomic mass is 32.2. The lowest BCUT2D eigenvalue weighted by Crippen LogP contribution is -2.66. The summed E-state index contributed by atoms with van der Waals surface area (Å²) in [6.45, 7) is 16.2. The Labute approximate surface area is 449 Å². The van der Waals surface area contributed by atoms with Crippen LogP contribution in [0.1, 0.15) is 106 Å². The Morgan fingerprint density at radius 3 is 2.13 bits per heavy atom. The van der Waals surface area contributed by atoms with Gasteiger partial charge in [0.2, 0.25) is 0 Å². The van der Waals surface area contributed by atoms with Crippen LogP contribution in [-0.2, 0) is 62.3 Å². The molecule has 27 atom stereocenters. The van der Waals surface area contributed by atoms with Crippen LogP contribution in [0, 0.1) is 39.4 Å². The number of allylic oxidation sites excluding steroid dienone is 3. The molecule has 9 rings (SSSR count). The van der Waals surface area contributed by atoms with E-state index in [0.717, 1.165) is 24.8 Å². The molecule has 9 aliphatic rings. The molecule has 77 heavy (non-hydrogen) atoms. The predicted molar refractivity (Wildman–Crippen MR) is 265 cm³/mol. The van der Waals surface area contributed by atoms with Gasteiger partial charge in [-0.25, -0.2) is 0 Å². The van der Waals surface area contributed by atoms with Crippen molar-refractivity contribution in [1.29, 1.82) is 0 Å². The minimum absolute atomic E-state index is 0.0289. The predicted octanol–water partition coefficient (Wildman–Crippen LogP) is 0.118. The smallest absolute Gasteiger partial charge is 0.313 e. The average molecular weight is 1120 g/mol. The molecule has 2 bridgehead atoms. The van der Waals surface area contributed by atoms with E-state index in [9.17, 15) is 63.7 Å². The maximum atomic E-state index is 14.2. The largest absolute Gasteiger partial charge is 0.461 e. The first-order valence-electron chi connectivity index (χ1n) is 27.3. The number of esters is 1. The maximum Gasteiger partial charge on any atom is 0.313 e. The van der Waals surface area contributed by atoms with Crippen LogP contribution >= 0.6 is 0 Å². The van der Waals surface area contributed by atoms with Gasteiger partial charge in [0.05, 0.1) is 43.0 Å². The summed E-state index contributed by atoms with van der Waals surface area (Å²) >= 11 is 0. The van der Waals surface area contributed by atoms with Gasteiger partial charge in [-0.3, -0.25) is 9.35 Å². The Balaban J connectivity index is 0.888. The summed E-state index contributed by atoms with van der Waals surface area (Å²) in [4.78, 5) is 14.2. The number of hydrogen-bond acceptors (Lipinski definition) is 22. The molecule has 27 unspecified atom stereocenters. The molecule has 4 aliphatic carbocycles. The number of aliphatic hydroxyl groups excluding tert-OH is 8. The monoisotopic (exact) mass is 1120 g/mol. The Morgan fingerprint density at radius 2 is 1.47 bits per heavy atom. The van der Waals surface area contributed by atoms with Gasteiger partial charge in [0.25, 0.3) is 10.1 Å². The van der Waals surface area contributed by atoms with E-state index in [1.807, 2.05) is 13.8 Å². The van der Waals surface area contributed by atoms with Crippen LogP contribution in [0.5, 0.6) is 0 Å². The summed E-state index contributed by atoms with van der Waals surface area (Å²) in [5.74, 6) is -0.427. The van der Waals surface area contributed by atoms with Crippen molar-refractivity contribution in [1.82, 2.24) is 0 Å². The standard InChI is InChI=1S/C53H84O23S/c1-23(2)11-10-16-52(8,63)43-28-19-51(7)26-12-13-31-49(4,5)32(15-17-50(31,6)25(26)14-18-53(43,51)48(62)72-28)73-47-42(34(57)30(22-69-47)77(64,65)66)76-45-36(59)35(58)39(24(3)70-45)74-44-37(60)40(27(55)21-68-44)75-46-38(61)41(67-9)33(56)29(20-54)71-46/h12,24-25,27-47,54-61,63H,1,10-11,13-22H2,2-9H3,(H,64,65,66). The van der Waals surface area contributed by atoms with Crippen LogP contribution in [0.3, 0.4) is 0 Å². The quantitative estimate of drug-likeness (QED) is 0.0557. The summed E-state index contributed by atoms with van der Waals surface area (Å²) in [6, 6.07) is 0. The number of carbonyl (C=O) groups is 1. The molecular weight excluding hydrogens is 1040 g/mol. The third-order valence-corrected chi connectivity index (χ3v) is 21.2. The highest BCUT2D eigenvalue weighted by molar-refractivity contribution is 7.86. The zero-order valence-corrected chi connectivity index (χ0v) is 46.1. The number of ether oxygens (including phenoxy) is 10. The molecule has 5 saturated heterocycles. The van der Waals surface area contributed by atoms with Gasteiger partial charge in [-0.15, -0.1) is 6.58 Å². The van der Waals surface area contributed by atoms with Crippen LogP contribution in [0.2, 0.25) is 0 Å². The minimum Gasteiger partial charge on any atom is -0.461 e. The topological polar surface area (TPSA) is 346 Å². The van der Waals surface area contributed by atoms with Crippen molar-refractivity contribution in [3.8, 4) is 0 Å². The second-order valence-corrected chi connectivity index (χ2v) is 26.7. The van der Waals surface area contributed by atoms with Crippen molar-refractivity contribution in [3.63, 3.8) is 0 Å². The Morgan fingerprint density at radius 1 is 0.818 bits per heavy atom. The van der Waals surface area contributed by atoms with Crippen molar-refractivity contribution in [3.05, 3.63) is 23.8 Å². The second-order valence-electron chi connectivity index (χ2n) is 25.0. The van der Waals surface area contributed by atoms with Gasteiger partial charge in [0.1, 0.15) is 84.6 Å². The molecule has 0 aromatic carbocycles. The van der Waals surface area contributed by atoms with Gasteiger partial charge < -0.3 is 93.3 Å². The molecule has 0 amide bonds. The molecule has 8 fully saturated rings. The van der Waals surface area contributed by atoms with Gasteiger partial charge in [-0.2, -0.15) is 8.42 Å². The SMILES string of the molecule is C=C(C)CCCC(C)(O)C1C2CC3(C)C4=CCC5C(C)(C)C(OC6OCC(S(=O)(=O)O)C(O)C6OC6OC(C)C(OC7OCC(O)C(OC8OC(CO)C(O)C(OC)C8O)C7O)C(O)C6O)CCC5(C)C4CCC13C(=O)O2. The molecule has 0 aromatic heterocycles. The fraction of sp³-hybridized carbons (Fsp3) is 0.906. The molecule has 10 N–H and O–H groups in total. The second kappa shape index (κ2) is 21.7. The Bertz CT molecular complexity index is 2300. The molecule has 5 aliphatic heterocycles. The summed E-state index contributed by atoms with van der Waals surface area (Å²) < 4.78 is 94.5. The van der Waals surface area contributed by atoms with Gasteiger partial charge in [0.15, 0.2) is 25.2 Å². The summed E-state index contributed by atoms with van der Waals surface area (Å²) in [5.41, 5.74) is -1.06. The van der Waals surface area contributed by atoms with Gasteiger partial charge in [-0.05, 0) is 101 Å². The summed E-state index contributed by atoms with van der Waals surface area (Å²) in [5, 5.41) is 98.3. The van der Waals surface area contributed by atoms with Crippen molar-refractivity contribution in [2.75, 3.05) is 26.9 Å². The third-order valence-electron chi connectivity index (χ3n) is 20.0. The van der Waals surface area contributed by atoms with E-state index < -0.39 is 174 Å². The molecule has 3 saturated carbocycles. The van der Waals surface area contributed by atoms with Gasteiger partial charge in [-0.1, -0.05) is 44.9 Å². The normalized spacial score (nSPS) is 50.4. The lowest BCUT2D eigenvalue weighted by molar-refractivity contribution is -0.379. The fourth-order valence-corrected chi connectivity index (χ4v) is 16.8. The number of rotatable bonds is 16. The molecular formula is C53H84O23S. The maximum absolute atomic E-state index is 14.2. The van der Waals surface area contributed by atoms with Crippen LogP contribution in [0.4, 0.5) is 0 Å². The van der Waals surface area contributed by atoms with E-state index in [4.69, 9.17) is 47.4 Å². The van der Waals surface area contributed by atoms with E-state index in [1.54, 1.807) is 0 Å². The average Bonchev–Trinajstić information content (AvgIpc) is 4.07. The van der Waals surface area contributed by atoms with Crippen molar-refractivity contribution < 1.29 is 111 Å². The lowest BCUT2D eigenvalue weighted by atomic mass is 9.40. The van der Waals surface area contributed by atoms with E-state index >= 15 is 0 Å². The van der Waals surface area contributed by atoms with Crippen LogP contribution in [0.25, 0.3) is 0 Å². The molecule has 0 aromatic rings. The van der Waals surface area contributed by atoms with Crippen LogP contribution < -0.4 is 0 Å². The first-order chi connectivity index (χ1) is 36.0. The Kier molecular flexibility index (Phi) is 16.9.